The second-order valence-electron chi connectivity index (χ2n) is 11.0. The van der Waals surface area contributed by atoms with Crippen LogP contribution in [0.1, 0.15) is 48.0 Å². The molecular weight excluding hydrogens is 598 g/mol. The van der Waals surface area contributed by atoms with Crippen molar-refractivity contribution in [2.75, 3.05) is 12.3 Å². The molecule has 0 aliphatic carbocycles. The number of aliphatic hydroxyl groups excluding tert-OH is 1. The Hall–Kier alpha value is -4.41. The highest BCUT2D eigenvalue weighted by Gasteiger charge is 2.33. The highest BCUT2D eigenvalue weighted by molar-refractivity contribution is 7.99. The minimum atomic E-state index is -0.586. The minimum absolute atomic E-state index is 0.00972. The summed E-state index contributed by atoms with van der Waals surface area (Å²) < 4.78 is 19.4. The van der Waals surface area contributed by atoms with E-state index in [1.807, 2.05) is 116 Å². The lowest BCUT2D eigenvalue weighted by molar-refractivity contribution is -0.245. The molecule has 2 heterocycles. The molecule has 1 aliphatic heterocycles. The fourth-order valence-corrected chi connectivity index (χ4v) is 6.17. The fourth-order valence-electron chi connectivity index (χ4n) is 5.32. The van der Waals surface area contributed by atoms with Gasteiger partial charge in [-0.25, -0.2) is 9.78 Å². The maximum absolute atomic E-state index is 11.8. The van der Waals surface area contributed by atoms with E-state index in [9.17, 15) is 9.90 Å². The van der Waals surface area contributed by atoms with Crippen LogP contribution in [0.15, 0.2) is 119 Å². The normalized spacial score (nSPS) is 17.8. The van der Waals surface area contributed by atoms with Crippen LogP contribution in [-0.4, -0.2) is 34.5 Å². The van der Waals surface area contributed by atoms with Crippen molar-refractivity contribution >= 4 is 17.8 Å². The van der Waals surface area contributed by atoms with Gasteiger partial charge in [-0.1, -0.05) is 121 Å². The molecule has 0 spiro atoms. The number of benzene rings is 4. The van der Waals surface area contributed by atoms with Gasteiger partial charge in [0.1, 0.15) is 5.69 Å². The number of hydrogen-bond acceptors (Lipinski definition) is 7. The molecule has 1 saturated heterocycles. The second kappa shape index (κ2) is 15.2. The number of carbonyl (C=O) groups excluding carboxylic acids is 1. The van der Waals surface area contributed by atoms with Crippen LogP contribution >= 0.6 is 11.8 Å². The van der Waals surface area contributed by atoms with E-state index in [1.54, 1.807) is 0 Å². The number of urea groups is 1. The van der Waals surface area contributed by atoms with Crippen molar-refractivity contribution in [1.29, 1.82) is 0 Å². The summed E-state index contributed by atoms with van der Waals surface area (Å²) in [5, 5.41) is 15.7. The summed E-state index contributed by atoms with van der Waals surface area (Å²) in [6.07, 6.45) is -0.302. The molecule has 5 aromatic rings. The fraction of sp³-hybridized carbons (Fsp3) is 0.243. The molecule has 4 aromatic carbocycles. The Labute approximate surface area is 273 Å². The third-order valence-corrected chi connectivity index (χ3v) is 8.70. The van der Waals surface area contributed by atoms with Crippen molar-refractivity contribution in [3.8, 4) is 22.6 Å². The van der Waals surface area contributed by atoms with Gasteiger partial charge in [0, 0.05) is 42.0 Å². The van der Waals surface area contributed by atoms with Crippen LogP contribution in [0.25, 0.3) is 22.6 Å². The van der Waals surface area contributed by atoms with Crippen LogP contribution in [-0.2, 0) is 22.6 Å². The first-order valence-corrected chi connectivity index (χ1v) is 16.4. The largest absolute Gasteiger partial charge is 0.431 e. The molecule has 1 fully saturated rings. The number of nitrogens with zero attached hydrogens (tertiary/aromatic N) is 1. The molecule has 9 heteroatoms. The van der Waals surface area contributed by atoms with E-state index < -0.39 is 6.29 Å². The second-order valence-corrected chi connectivity index (χ2v) is 12.0. The van der Waals surface area contributed by atoms with Crippen LogP contribution in [0, 0.1) is 0 Å². The first-order valence-electron chi connectivity index (χ1n) is 15.4. The molecule has 3 atom stereocenters. The number of rotatable bonds is 11. The first-order chi connectivity index (χ1) is 22.6. The predicted octanol–water partition coefficient (Wildman–Crippen LogP) is 7.66. The molecule has 0 bridgehead atoms. The molecule has 46 heavy (non-hydrogen) atoms. The van der Waals surface area contributed by atoms with E-state index in [1.165, 1.54) is 11.8 Å². The van der Waals surface area contributed by atoms with Gasteiger partial charge in [-0.3, -0.25) is 0 Å². The van der Waals surface area contributed by atoms with Gasteiger partial charge in [-0.15, -0.1) is 0 Å². The quantitative estimate of drug-likeness (QED) is 0.128. The Balaban J connectivity index is 1.21. The Morgan fingerprint density at radius 1 is 0.826 bits per heavy atom. The molecule has 3 unspecified atom stereocenters. The van der Waals surface area contributed by atoms with Gasteiger partial charge in [0.25, 0.3) is 5.22 Å². The van der Waals surface area contributed by atoms with Crippen LogP contribution < -0.4 is 10.6 Å². The zero-order chi connectivity index (χ0) is 31.7. The van der Waals surface area contributed by atoms with Crippen LogP contribution in [0.4, 0.5) is 4.79 Å². The zero-order valence-corrected chi connectivity index (χ0v) is 26.4. The van der Waals surface area contributed by atoms with Crippen LogP contribution in [0.3, 0.4) is 0 Å². The monoisotopic (exact) mass is 635 g/mol. The molecule has 8 nitrogen and oxygen atoms in total. The van der Waals surface area contributed by atoms with Crippen molar-refractivity contribution in [1.82, 2.24) is 15.6 Å². The van der Waals surface area contributed by atoms with Crippen molar-refractivity contribution in [3.63, 3.8) is 0 Å². The van der Waals surface area contributed by atoms with Gasteiger partial charge in [-0.2, -0.15) is 0 Å². The lowest BCUT2D eigenvalue weighted by Crippen LogP contribution is -2.34. The Kier molecular flexibility index (Phi) is 10.5. The predicted molar refractivity (Wildman–Crippen MR) is 179 cm³/mol. The molecule has 6 rings (SSSR count). The molecule has 0 saturated carbocycles. The molecule has 1 aromatic heterocycles. The van der Waals surface area contributed by atoms with E-state index in [0.717, 1.165) is 44.8 Å². The molecule has 1 aliphatic rings. The number of aromatic nitrogens is 1. The van der Waals surface area contributed by atoms with E-state index in [-0.39, 0.29) is 24.8 Å². The number of oxazole rings is 1. The maximum atomic E-state index is 11.8. The van der Waals surface area contributed by atoms with Gasteiger partial charge in [0.2, 0.25) is 0 Å². The average Bonchev–Trinajstić information content (AvgIpc) is 3.55. The highest BCUT2D eigenvalue weighted by atomic mass is 32.2. The van der Waals surface area contributed by atoms with E-state index in [4.69, 9.17) is 18.9 Å². The lowest BCUT2D eigenvalue weighted by Gasteiger charge is -2.36. The van der Waals surface area contributed by atoms with Gasteiger partial charge in [0.15, 0.2) is 12.1 Å². The average molecular weight is 636 g/mol. The molecule has 0 radical (unpaired) electrons. The number of thioether (sulfide) groups is 1. The standard InChI is InChI=1S/C37H37N3O5S/c1-2-38-36(42)39-22-25-13-19-30(20-14-25)35-43-31(21-32(44-35)27-17-15-26(23-41)16-18-27)24-46-37-40-33(28-9-5-3-6-10-28)34(45-37)29-11-7-4-8-12-29/h3-20,31-32,35,41H,2,21-24H2,1H3,(H2,38,39,42). The Morgan fingerprint density at radius 2 is 1.48 bits per heavy atom. The number of ether oxygens (including phenoxy) is 2. The number of amides is 2. The number of nitrogens with one attached hydrogen (secondary N) is 2. The van der Waals surface area contributed by atoms with Gasteiger partial charge >= 0.3 is 6.03 Å². The van der Waals surface area contributed by atoms with E-state index in [2.05, 4.69) is 10.6 Å². The topological polar surface area (TPSA) is 106 Å². The van der Waals surface area contributed by atoms with Gasteiger partial charge in [0.05, 0.1) is 18.8 Å². The van der Waals surface area contributed by atoms with Gasteiger partial charge < -0.3 is 29.6 Å². The summed E-state index contributed by atoms with van der Waals surface area (Å²) in [6.45, 7) is 2.87. The lowest BCUT2D eigenvalue weighted by atomic mass is 10.0. The third kappa shape index (κ3) is 7.86. The van der Waals surface area contributed by atoms with Crippen molar-refractivity contribution < 1.29 is 23.8 Å². The molecule has 236 valence electrons. The smallest absolute Gasteiger partial charge is 0.315 e. The highest BCUT2D eigenvalue weighted by Crippen LogP contribution is 2.41. The molecule has 2 amide bonds. The molecule has 3 N–H and O–H groups in total. The Bertz CT molecular complexity index is 1640. The maximum Gasteiger partial charge on any atom is 0.315 e. The number of aliphatic hydroxyl groups is 1. The van der Waals surface area contributed by atoms with Crippen molar-refractivity contribution in [3.05, 3.63) is 131 Å². The minimum Gasteiger partial charge on any atom is -0.431 e. The summed E-state index contributed by atoms with van der Waals surface area (Å²) in [5.74, 6) is 1.35. The third-order valence-electron chi connectivity index (χ3n) is 7.74. The summed E-state index contributed by atoms with van der Waals surface area (Å²) in [5.41, 5.74) is 6.52. The van der Waals surface area contributed by atoms with Crippen molar-refractivity contribution in [2.45, 2.75) is 50.2 Å². The van der Waals surface area contributed by atoms with E-state index in [0.29, 0.717) is 30.5 Å². The van der Waals surface area contributed by atoms with Crippen LogP contribution in [0.2, 0.25) is 0 Å². The summed E-state index contributed by atoms with van der Waals surface area (Å²) >= 11 is 1.53. The number of carbonyl (C=O) groups is 1. The molecular formula is C37H37N3O5S. The first kappa shape index (κ1) is 31.6. The summed E-state index contributed by atoms with van der Waals surface area (Å²) in [6, 6.07) is 35.7. The zero-order valence-electron chi connectivity index (χ0n) is 25.6. The Morgan fingerprint density at radius 3 is 2.15 bits per heavy atom. The number of hydrogen-bond donors (Lipinski definition) is 3. The summed E-state index contributed by atoms with van der Waals surface area (Å²) in [7, 11) is 0. The van der Waals surface area contributed by atoms with E-state index >= 15 is 0 Å². The summed E-state index contributed by atoms with van der Waals surface area (Å²) in [4.78, 5) is 16.7. The van der Waals surface area contributed by atoms with Crippen LogP contribution in [0.5, 0.6) is 0 Å². The SMILES string of the molecule is CCNC(=O)NCc1ccc(C2OC(CSc3nc(-c4ccccc4)c(-c4ccccc4)o3)CC(c3ccc(CO)cc3)O2)cc1. The van der Waals surface area contributed by atoms with Gasteiger partial charge in [-0.05, 0) is 23.6 Å². The van der Waals surface area contributed by atoms with Crippen molar-refractivity contribution in [2.24, 2.45) is 0 Å².